The van der Waals surface area contributed by atoms with Gasteiger partial charge in [0.25, 0.3) is 5.91 Å². The second-order valence-corrected chi connectivity index (χ2v) is 9.27. The van der Waals surface area contributed by atoms with Crippen LogP contribution in [0.25, 0.3) is 17.3 Å². The van der Waals surface area contributed by atoms with Crippen LogP contribution in [0.2, 0.25) is 0 Å². The van der Waals surface area contributed by atoms with Crippen molar-refractivity contribution >= 4 is 28.4 Å². The van der Waals surface area contributed by atoms with Gasteiger partial charge >= 0.3 is 0 Å². The highest BCUT2D eigenvalue weighted by molar-refractivity contribution is 7.84. The molecule has 184 valence electrons. The van der Waals surface area contributed by atoms with E-state index >= 15 is 0 Å². The van der Waals surface area contributed by atoms with E-state index in [9.17, 15) is 13.4 Å². The fourth-order valence-electron chi connectivity index (χ4n) is 3.94. The van der Waals surface area contributed by atoms with E-state index in [1.165, 1.54) is 19.2 Å². The van der Waals surface area contributed by atoms with Crippen LogP contribution in [0.3, 0.4) is 0 Å². The van der Waals surface area contributed by atoms with Crippen LogP contribution in [0.15, 0.2) is 66.2 Å². The van der Waals surface area contributed by atoms with Crippen molar-refractivity contribution in [2.75, 3.05) is 13.4 Å². The van der Waals surface area contributed by atoms with Gasteiger partial charge in [-0.1, -0.05) is 32.1 Å². The Bertz CT molecular complexity index is 1270. The smallest absolute Gasteiger partial charge is 0.252 e. The number of hydrogen-bond acceptors (Lipinski definition) is 4. The van der Waals surface area contributed by atoms with Crippen LogP contribution < -0.4 is 10.1 Å². The van der Waals surface area contributed by atoms with Gasteiger partial charge in [0.05, 0.1) is 46.4 Å². The number of ether oxygens (including phenoxy) is 1. The van der Waals surface area contributed by atoms with Gasteiger partial charge in [-0.05, 0) is 61.4 Å². The average molecular weight is 496 g/mol. The summed E-state index contributed by atoms with van der Waals surface area (Å²) < 4.78 is 32.6. The largest absolute Gasteiger partial charge is 0.495 e. The van der Waals surface area contributed by atoms with Crippen LogP contribution in [-0.4, -0.2) is 33.3 Å². The summed E-state index contributed by atoms with van der Waals surface area (Å²) in [6, 6.07) is 11.1. The molecule has 8 heteroatoms. The molecule has 0 aliphatic carbocycles. The standard InChI is InChI=1S/C27H30FN3O3S/c1-6-9-23(18-10-15-25(34-4)26(16-18)35(5)33)30-27(32)21(7-2)22-17-29-31(24(22)8-3)20-13-11-19(28)12-14-20/h7-8,10-17,23H,3,6,9H2,1-2,4-5H3,(H,30,32)/b21-7+. The highest BCUT2D eigenvalue weighted by atomic mass is 32.2. The molecule has 1 aromatic heterocycles. The van der Waals surface area contributed by atoms with Crippen LogP contribution in [0.5, 0.6) is 5.75 Å². The SMILES string of the molecule is C=Cc1c(/C(=C\C)C(=O)NC(CCC)c2ccc(OC)c(S(C)=O)c2)cnn1-c1ccc(F)cc1. The molecule has 1 heterocycles. The molecule has 2 atom stereocenters. The first-order valence-electron chi connectivity index (χ1n) is 11.3. The molecular formula is C27H30FN3O3S. The number of benzene rings is 2. The van der Waals surface area contributed by atoms with Gasteiger partial charge in [-0.15, -0.1) is 0 Å². The van der Waals surface area contributed by atoms with E-state index in [1.54, 1.807) is 54.4 Å². The first-order chi connectivity index (χ1) is 16.8. The zero-order valence-electron chi connectivity index (χ0n) is 20.4. The summed E-state index contributed by atoms with van der Waals surface area (Å²) in [7, 11) is 0.300. The Morgan fingerprint density at radius 1 is 1.29 bits per heavy atom. The molecule has 0 aliphatic rings. The van der Waals surface area contributed by atoms with Crippen LogP contribution in [0.4, 0.5) is 4.39 Å². The van der Waals surface area contributed by atoms with Crippen molar-refractivity contribution in [2.45, 2.75) is 37.6 Å². The molecule has 0 aliphatic heterocycles. The van der Waals surface area contributed by atoms with Gasteiger partial charge in [-0.3, -0.25) is 9.00 Å². The first-order valence-corrected chi connectivity index (χ1v) is 12.9. The number of rotatable bonds is 10. The van der Waals surface area contributed by atoms with E-state index in [1.807, 2.05) is 19.1 Å². The Balaban J connectivity index is 1.94. The Kier molecular flexibility index (Phi) is 8.76. The maximum Gasteiger partial charge on any atom is 0.252 e. The van der Waals surface area contributed by atoms with Gasteiger partial charge in [0.1, 0.15) is 11.6 Å². The van der Waals surface area contributed by atoms with Crippen molar-refractivity contribution in [3.8, 4) is 11.4 Å². The maximum absolute atomic E-state index is 13.4. The molecule has 6 nitrogen and oxygen atoms in total. The van der Waals surface area contributed by atoms with E-state index in [4.69, 9.17) is 4.74 Å². The number of aromatic nitrogens is 2. The van der Waals surface area contributed by atoms with Crippen molar-refractivity contribution in [1.29, 1.82) is 0 Å². The Hall–Kier alpha value is -3.52. The molecule has 0 spiro atoms. The summed E-state index contributed by atoms with van der Waals surface area (Å²) in [5.41, 5.74) is 3.20. The van der Waals surface area contributed by atoms with Crippen LogP contribution >= 0.6 is 0 Å². The Morgan fingerprint density at radius 2 is 2.00 bits per heavy atom. The predicted octanol–water partition coefficient (Wildman–Crippen LogP) is 5.46. The van der Waals surface area contributed by atoms with E-state index in [0.29, 0.717) is 39.6 Å². The average Bonchev–Trinajstić information content (AvgIpc) is 3.27. The van der Waals surface area contributed by atoms with Crippen molar-refractivity contribution in [3.63, 3.8) is 0 Å². The number of carbonyl (C=O) groups excluding carboxylic acids is 1. The maximum atomic E-state index is 13.4. The molecular weight excluding hydrogens is 465 g/mol. The normalized spacial score (nSPS) is 13.2. The third-order valence-corrected chi connectivity index (χ3v) is 6.62. The molecule has 0 fully saturated rings. The number of nitrogens with one attached hydrogen (secondary N) is 1. The van der Waals surface area contributed by atoms with Crippen molar-refractivity contribution in [1.82, 2.24) is 15.1 Å². The second kappa shape index (κ2) is 11.8. The highest BCUT2D eigenvalue weighted by Crippen LogP contribution is 2.29. The summed E-state index contributed by atoms with van der Waals surface area (Å²) in [5, 5.41) is 7.54. The Labute approximate surface area is 208 Å². The van der Waals surface area contributed by atoms with Gasteiger partial charge < -0.3 is 10.1 Å². The molecule has 2 aromatic carbocycles. The van der Waals surface area contributed by atoms with Crippen LogP contribution in [-0.2, 0) is 15.6 Å². The van der Waals surface area contributed by atoms with E-state index in [0.717, 1.165) is 12.0 Å². The lowest BCUT2D eigenvalue weighted by atomic mass is 10.00. The number of allylic oxidation sites excluding steroid dienone is 1. The summed E-state index contributed by atoms with van der Waals surface area (Å²) in [6.45, 7) is 7.72. The number of methoxy groups -OCH3 is 1. The van der Waals surface area contributed by atoms with Gasteiger partial charge in [0.15, 0.2) is 0 Å². The highest BCUT2D eigenvalue weighted by Gasteiger charge is 2.22. The lowest BCUT2D eigenvalue weighted by molar-refractivity contribution is -0.116. The van der Waals surface area contributed by atoms with Gasteiger partial charge in [-0.25, -0.2) is 9.07 Å². The molecule has 1 amide bonds. The van der Waals surface area contributed by atoms with Crippen molar-refractivity contribution in [2.24, 2.45) is 0 Å². The van der Waals surface area contributed by atoms with E-state index < -0.39 is 10.8 Å². The predicted molar refractivity (Wildman–Crippen MR) is 138 cm³/mol. The topological polar surface area (TPSA) is 73.2 Å². The Morgan fingerprint density at radius 3 is 2.57 bits per heavy atom. The fraction of sp³-hybridized carbons (Fsp3) is 0.259. The quantitative estimate of drug-likeness (QED) is 0.379. The fourth-order valence-corrected chi connectivity index (χ4v) is 4.68. The molecule has 0 saturated heterocycles. The summed E-state index contributed by atoms with van der Waals surface area (Å²) >= 11 is 0. The number of nitrogens with zero attached hydrogens (tertiary/aromatic N) is 2. The minimum Gasteiger partial charge on any atom is -0.495 e. The van der Waals surface area contributed by atoms with Crippen LogP contribution in [0.1, 0.15) is 49.6 Å². The lowest BCUT2D eigenvalue weighted by Gasteiger charge is -2.21. The lowest BCUT2D eigenvalue weighted by Crippen LogP contribution is -2.29. The second-order valence-electron chi connectivity index (χ2n) is 7.92. The number of halogens is 1. The van der Waals surface area contributed by atoms with Gasteiger partial charge in [-0.2, -0.15) is 5.10 Å². The third kappa shape index (κ3) is 5.77. The molecule has 0 bridgehead atoms. The molecule has 3 aromatic rings. The molecule has 3 rings (SSSR count). The van der Waals surface area contributed by atoms with Crippen LogP contribution in [0, 0.1) is 5.82 Å². The molecule has 0 saturated carbocycles. The zero-order chi connectivity index (χ0) is 25.5. The molecule has 2 unspecified atom stereocenters. The number of amides is 1. The van der Waals surface area contributed by atoms with E-state index in [-0.39, 0.29) is 17.8 Å². The first kappa shape index (κ1) is 26.1. The zero-order valence-corrected chi connectivity index (χ0v) is 21.2. The molecule has 1 N–H and O–H groups in total. The summed E-state index contributed by atoms with van der Waals surface area (Å²) in [5.74, 6) is -0.0535. The van der Waals surface area contributed by atoms with Gasteiger partial charge in [0.2, 0.25) is 0 Å². The monoisotopic (exact) mass is 495 g/mol. The third-order valence-electron chi connectivity index (χ3n) is 5.68. The minimum atomic E-state index is -1.24. The number of carbonyl (C=O) groups is 1. The summed E-state index contributed by atoms with van der Waals surface area (Å²) in [6.07, 6.45) is 8.11. The number of hydrogen-bond donors (Lipinski definition) is 1. The van der Waals surface area contributed by atoms with Crippen molar-refractivity contribution in [3.05, 3.63) is 84.0 Å². The van der Waals surface area contributed by atoms with Crippen molar-refractivity contribution < 1.29 is 18.1 Å². The molecule has 0 radical (unpaired) electrons. The minimum absolute atomic E-state index is 0.261. The summed E-state index contributed by atoms with van der Waals surface area (Å²) in [4.78, 5) is 14.0. The van der Waals surface area contributed by atoms with E-state index in [2.05, 4.69) is 17.0 Å². The van der Waals surface area contributed by atoms with Gasteiger partial charge in [0, 0.05) is 17.4 Å². The molecule has 35 heavy (non-hydrogen) atoms.